The number of benzene rings is 1. The van der Waals surface area contributed by atoms with Gasteiger partial charge >= 0.3 is 6.03 Å². The lowest BCUT2D eigenvalue weighted by Crippen LogP contribution is -2.57. The van der Waals surface area contributed by atoms with E-state index in [0.717, 1.165) is 5.56 Å². The molecule has 2 rings (SSSR count). The number of nitrogens with two attached hydrogens (primary N) is 1. The van der Waals surface area contributed by atoms with Gasteiger partial charge in [-0.2, -0.15) is 0 Å². The molecule has 132 valence electrons. The first kappa shape index (κ1) is 18.2. The minimum atomic E-state index is -0.730. The van der Waals surface area contributed by atoms with Gasteiger partial charge in [-0.05, 0) is 23.1 Å². The summed E-state index contributed by atoms with van der Waals surface area (Å²) in [5.74, 6) is -0.516. The average Bonchev–Trinajstić information content (AvgIpc) is 2.51. The third kappa shape index (κ3) is 4.44. The first-order valence-electron chi connectivity index (χ1n) is 7.90. The molecule has 0 spiro atoms. The van der Waals surface area contributed by atoms with Crippen molar-refractivity contribution in [3.05, 3.63) is 35.6 Å². The van der Waals surface area contributed by atoms with Crippen LogP contribution in [0, 0.1) is 11.2 Å². The van der Waals surface area contributed by atoms with Crippen molar-refractivity contribution in [2.75, 3.05) is 19.7 Å². The van der Waals surface area contributed by atoms with Crippen LogP contribution in [0.3, 0.4) is 0 Å². The molecule has 1 fully saturated rings. The zero-order valence-electron chi connectivity index (χ0n) is 14.2. The Bertz CT molecular complexity index is 598. The lowest BCUT2D eigenvalue weighted by Gasteiger charge is -2.38. The number of amides is 3. The fourth-order valence-corrected chi connectivity index (χ4v) is 2.70. The Morgan fingerprint density at radius 1 is 1.33 bits per heavy atom. The summed E-state index contributed by atoms with van der Waals surface area (Å²) < 4.78 is 18.8. The number of morpholine rings is 1. The van der Waals surface area contributed by atoms with Crippen molar-refractivity contribution in [1.82, 2.24) is 10.2 Å². The van der Waals surface area contributed by atoms with Gasteiger partial charge in [-0.25, -0.2) is 9.18 Å². The molecule has 0 saturated carbocycles. The second-order valence-electron chi connectivity index (χ2n) is 7.00. The number of halogens is 1. The molecule has 24 heavy (non-hydrogen) atoms. The normalized spacial score (nSPS) is 19.7. The van der Waals surface area contributed by atoms with E-state index in [-0.39, 0.29) is 17.8 Å². The summed E-state index contributed by atoms with van der Waals surface area (Å²) in [6, 6.07) is 4.58. The molecule has 0 unspecified atom stereocenters. The van der Waals surface area contributed by atoms with Gasteiger partial charge in [0.15, 0.2) is 0 Å². The van der Waals surface area contributed by atoms with Gasteiger partial charge in [0.05, 0.1) is 13.2 Å². The molecule has 0 aliphatic carbocycles. The van der Waals surface area contributed by atoms with Gasteiger partial charge in [0.25, 0.3) is 0 Å². The predicted molar refractivity (Wildman–Crippen MR) is 87.6 cm³/mol. The number of carbonyl (C=O) groups is 2. The topological polar surface area (TPSA) is 84.7 Å². The monoisotopic (exact) mass is 337 g/mol. The number of nitrogens with zero attached hydrogens (tertiary/aromatic N) is 1. The molecule has 1 aliphatic rings. The highest BCUT2D eigenvalue weighted by Gasteiger charge is 2.37. The summed E-state index contributed by atoms with van der Waals surface area (Å²) >= 11 is 0. The van der Waals surface area contributed by atoms with Gasteiger partial charge in [-0.3, -0.25) is 4.79 Å². The number of nitrogens with one attached hydrogen (secondary N) is 1. The van der Waals surface area contributed by atoms with Crippen LogP contribution in [0.5, 0.6) is 0 Å². The van der Waals surface area contributed by atoms with Crippen LogP contribution in [0.1, 0.15) is 32.4 Å². The smallest absolute Gasteiger partial charge is 0.312 e. The van der Waals surface area contributed by atoms with Crippen LogP contribution in [0.4, 0.5) is 9.18 Å². The first-order valence-corrected chi connectivity index (χ1v) is 7.90. The Morgan fingerprint density at radius 2 is 1.96 bits per heavy atom. The molecule has 1 heterocycles. The van der Waals surface area contributed by atoms with Gasteiger partial charge in [-0.15, -0.1) is 0 Å². The number of primary amides is 1. The van der Waals surface area contributed by atoms with E-state index in [2.05, 4.69) is 5.32 Å². The van der Waals surface area contributed by atoms with Crippen molar-refractivity contribution in [1.29, 1.82) is 0 Å². The average molecular weight is 337 g/mol. The largest absolute Gasteiger partial charge is 0.370 e. The summed E-state index contributed by atoms with van der Waals surface area (Å²) in [4.78, 5) is 25.7. The molecule has 0 radical (unpaired) electrons. The van der Waals surface area contributed by atoms with Crippen LogP contribution in [0.25, 0.3) is 0 Å². The molecular weight excluding hydrogens is 313 g/mol. The summed E-state index contributed by atoms with van der Waals surface area (Å²) in [6.45, 7) is 6.75. The lowest BCUT2D eigenvalue weighted by molar-refractivity contribution is -0.143. The fraction of sp³-hybridized carbons (Fsp3) is 0.529. The SMILES string of the molecule is CC(C)(C)[C@H](NC(N)=O)C(=O)N1CCO[C@@H](c2ccc(F)cc2)C1. The number of ether oxygens (including phenoxy) is 1. The quantitative estimate of drug-likeness (QED) is 0.882. The fourth-order valence-electron chi connectivity index (χ4n) is 2.70. The third-order valence-corrected chi connectivity index (χ3v) is 4.02. The van der Waals surface area contributed by atoms with Gasteiger partial charge in [0.2, 0.25) is 5.91 Å². The van der Waals surface area contributed by atoms with Crippen molar-refractivity contribution in [3.8, 4) is 0 Å². The van der Waals surface area contributed by atoms with E-state index in [1.54, 1.807) is 17.0 Å². The van der Waals surface area contributed by atoms with Gasteiger partial charge in [0, 0.05) is 6.54 Å². The van der Waals surface area contributed by atoms with Gasteiger partial charge < -0.3 is 20.7 Å². The molecule has 1 aliphatic heterocycles. The highest BCUT2D eigenvalue weighted by molar-refractivity contribution is 5.87. The highest BCUT2D eigenvalue weighted by Crippen LogP contribution is 2.26. The minimum absolute atomic E-state index is 0.197. The van der Waals surface area contributed by atoms with E-state index in [0.29, 0.717) is 19.7 Å². The zero-order chi connectivity index (χ0) is 17.9. The van der Waals surface area contributed by atoms with E-state index < -0.39 is 17.5 Å². The molecule has 2 atom stereocenters. The first-order chi connectivity index (χ1) is 11.2. The van der Waals surface area contributed by atoms with Crippen LogP contribution in [0.2, 0.25) is 0 Å². The molecule has 1 saturated heterocycles. The summed E-state index contributed by atoms with van der Waals surface area (Å²) in [7, 11) is 0. The number of hydrogen-bond donors (Lipinski definition) is 2. The van der Waals surface area contributed by atoms with Crippen LogP contribution >= 0.6 is 0 Å². The predicted octanol–water partition coefficient (Wildman–Crippen LogP) is 1.81. The Hall–Kier alpha value is -2.15. The Kier molecular flexibility index (Phi) is 5.43. The Balaban J connectivity index is 2.13. The number of hydrogen-bond acceptors (Lipinski definition) is 3. The molecule has 1 aromatic carbocycles. The van der Waals surface area contributed by atoms with Gasteiger partial charge in [-0.1, -0.05) is 32.9 Å². The number of carbonyl (C=O) groups excluding carboxylic acids is 2. The molecule has 1 aromatic rings. The van der Waals surface area contributed by atoms with E-state index in [1.807, 2.05) is 20.8 Å². The molecular formula is C17H24FN3O3. The van der Waals surface area contributed by atoms with E-state index in [9.17, 15) is 14.0 Å². The van der Waals surface area contributed by atoms with E-state index in [1.165, 1.54) is 12.1 Å². The second kappa shape index (κ2) is 7.17. The van der Waals surface area contributed by atoms with E-state index >= 15 is 0 Å². The van der Waals surface area contributed by atoms with Crippen molar-refractivity contribution in [2.45, 2.75) is 32.9 Å². The molecule has 0 aromatic heterocycles. The Morgan fingerprint density at radius 3 is 2.50 bits per heavy atom. The third-order valence-electron chi connectivity index (χ3n) is 4.02. The van der Waals surface area contributed by atoms with E-state index in [4.69, 9.17) is 10.5 Å². The van der Waals surface area contributed by atoms with Crippen LogP contribution in [-0.4, -0.2) is 42.6 Å². The summed E-state index contributed by atoms with van der Waals surface area (Å²) in [6.07, 6.45) is -0.322. The summed E-state index contributed by atoms with van der Waals surface area (Å²) in [5, 5.41) is 2.54. The zero-order valence-corrected chi connectivity index (χ0v) is 14.2. The molecule has 3 amide bonds. The van der Waals surface area contributed by atoms with Crippen molar-refractivity contribution >= 4 is 11.9 Å². The van der Waals surface area contributed by atoms with Crippen molar-refractivity contribution < 1.29 is 18.7 Å². The highest BCUT2D eigenvalue weighted by atomic mass is 19.1. The maximum Gasteiger partial charge on any atom is 0.312 e. The van der Waals surface area contributed by atoms with Crippen LogP contribution in [-0.2, 0) is 9.53 Å². The van der Waals surface area contributed by atoms with Crippen molar-refractivity contribution in [2.24, 2.45) is 11.1 Å². The maximum atomic E-state index is 13.1. The van der Waals surface area contributed by atoms with Crippen LogP contribution in [0.15, 0.2) is 24.3 Å². The maximum absolute atomic E-state index is 13.1. The van der Waals surface area contributed by atoms with Crippen LogP contribution < -0.4 is 11.1 Å². The minimum Gasteiger partial charge on any atom is -0.370 e. The standard InChI is InChI=1S/C17H24FN3O3/c1-17(2,3)14(20-16(19)23)15(22)21-8-9-24-13(10-21)11-4-6-12(18)7-5-11/h4-7,13-14H,8-10H2,1-3H3,(H3,19,20,23)/t13-,14-/m1/s1. The number of urea groups is 1. The molecule has 7 heteroatoms. The second-order valence-corrected chi connectivity index (χ2v) is 7.00. The molecule has 0 bridgehead atoms. The Labute approximate surface area is 141 Å². The van der Waals surface area contributed by atoms with Gasteiger partial charge in [0.1, 0.15) is 18.0 Å². The molecule has 6 nitrogen and oxygen atoms in total. The number of rotatable bonds is 3. The lowest BCUT2D eigenvalue weighted by atomic mass is 9.85. The van der Waals surface area contributed by atoms with Crippen molar-refractivity contribution in [3.63, 3.8) is 0 Å². The summed E-state index contributed by atoms with van der Waals surface area (Å²) in [5.41, 5.74) is 5.54. The molecule has 3 N–H and O–H groups in total.